The topological polar surface area (TPSA) is 76.1 Å². The fraction of sp³-hybridized carbons (Fsp3) is 0.333. The molecule has 0 saturated heterocycles. The maximum absolute atomic E-state index is 13.7. The summed E-state index contributed by atoms with van der Waals surface area (Å²) in [6.45, 7) is 3.87. The van der Waals surface area contributed by atoms with Crippen molar-refractivity contribution in [3.05, 3.63) is 58.2 Å². The summed E-state index contributed by atoms with van der Waals surface area (Å²) in [4.78, 5) is 12.7. The quantitative estimate of drug-likeness (QED) is 0.856. The summed E-state index contributed by atoms with van der Waals surface area (Å²) in [6.07, 6.45) is 0.766. The van der Waals surface area contributed by atoms with Crippen LogP contribution in [0.2, 0.25) is 0 Å². The van der Waals surface area contributed by atoms with Gasteiger partial charge in [-0.3, -0.25) is 4.79 Å². The maximum atomic E-state index is 13.7. The number of hydrogen-bond donors (Lipinski definition) is 1. The number of Topliss-reactive ketones (excluding diaryl/α,β-unsaturated/α-hetero) is 1. The van der Waals surface area contributed by atoms with Crippen molar-refractivity contribution in [2.24, 2.45) is 11.1 Å². The second-order valence-electron chi connectivity index (χ2n) is 6.88. The minimum Gasteiger partial charge on any atom is -0.444 e. The van der Waals surface area contributed by atoms with Crippen molar-refractivity contribution in [3.8, 4) is 6.07 Å². The number of ether oxygens (including phenoxy) is 1. The number of nitriles is 1. The van der Waals surface area contributed by atoms with Crippen molar-refractivity contribution in [1.82, 2.24) is 0 Å². The molecule has 1 aliphatic heterocycles. The van der Waals surface area contributed by atoms with E-state index in [9.17, 15) is 18.8 Å². The van der Waals surface area contributed by atoms with E-state index in [1.165, 1.54) is 6.07 Å². The second-order valence-corrected chi connectivity index (χ2v) is 6.88. The SMILES string of the molecule is CC1(C)CC(=O)C2=C(C1)OC(N)=C(C#N)C2c1ccc(F)c(F)c1. The Kier molecular flexibility index (Phi) is 3.67. The lowest BCUT2D eigenvalue weighted by atomic mass is 9.70. The van der Waals surface area contributed by atoms with E-state index in [1.54, 1.807) is 0 Å². The second kappa shape index (κ2) is 5.45. The van der Waals surface area contributed by atoms with Gasteiger partial charge < -0.3 is 10.5 Å². The molecule has 24 heavy (non-hydrogen) atoms. The fourth-order valence-corrected chi connectivity index (χ4v) is 3.31. The molecule has 1 atom stereocenters. The standard InChI is InChI=1S/C18H16F2N2O2/c1-18(2)6-13(23)16-14(7-18)24-17(22)10(8-21)15(16)9-3-4-11(19)12(20)5-9/h3-5,15H,6-7,22H2,1-2H3. The van der Waals surface area contributed by atoms with Crippen LogP contribution in [0, 0.1) is 28.4 Å². The summed E-state index contributed by atoms with van der Waals surface area (Å²) in [5, 5.41) is 9.43. The smallest absolute Gasteiger partial charge is 0.205 e. The third-order valence-corrected chi connectivity index (χ3v) is 4.35. The molecule has 1 aromatic rings. The molecule has 124 valence electrons. The molecule has 1 heterocycles. The molecular weight excluding hydrogens is 314 g/mol. The number of hydrogen-bond acceptors (Lipinski definition) is 4. The molecule has 3 rings (SSSR count). The zero-order valence-electron chi connectivity index (χ0n) is 13.3. The van der Waals surface area contributed by atoms with Gasteiger partial charge in [0.1, 0.15) is 17.4 Å². The Morgan fingerprint density at radius 3 is 2.62 bits per heavy atom. The first-order chi connectivity index (χ1) is 11.2. The van der Waals surface area contributed by atoms with Crippen molar-refractivity contribution in [1.29, 1.82) is 5.26 Å². The Balaban J connectivity index is 2.20. The number of allylic oxidation sites excluding steroid dienone is 3. The Morgan fingerprint density at radius 2 is 2.00 bits per heavy atom. The molecule has 1 aliphatic carbocycles. The molecule has 0 spiro atoms. The molecule has 1 aromatic carbocycles. The predicted octanol–water partition coefficient (Wildman–Crippen LogP) is 3.42. The van der Waals surface area contributed by atoms with Gasteiger partial charge >= 0.3 is 0 Å². The highest BCUT2D eigenvalue weighted by Gasteiger charge is 2.43. The first-order valence-corrected chi connectivity index (χ1v) is 7.52. The van der Waals surface area contributed by atoms with Crippen molar-refractivity contribution < 1.29 is 18.3 Å². The number of carbonyl (C=O) groups excluding carboxylic acids is 1. The first-order valence-electron chi connectivity index (χ1n) is 7.52. The molecule has 0 aromatic heterocycles. The molecule has 0 fully saturated rings. The Bertz CT molecular complexity index is 847. The number of ketones is 1. The molecule has 0 amide bonds. The van der Waals surface area contributed by atoms with Crippen LogP contribution in [0.5, 0.6) is 0 Å². The van der Waals surface area contributed by atoms with Gasteiger partial charge in [0.25, 0.3) is 0 Å². The van der Waals surface area contributed by atoms with E-state index in [2.05, 4.69) is 0 Å². The zero-order valence-corrected chi connectivity index (χ0v) is 13.3. The molecule has 4 nitrogen and oxygen atoms in total. The van der Waals surface area contributed by atoms with Crippen LogP contribution < -0.4 is 5.73 Å². The lowest BCUT2D eigenvalue weighted by Gasteiger charge is -2.37. The van der Waals surface area contributed by atoms with E-state index in [-0.39, 0.29) is 29.1 Å². The lowest BCUT2D eigenvalue weighted by Crippen LogP contribution is -2.33. The molecule has 2 N–H and O–H groups in total. The normalized spacial score (nSPS) is 22.8. The minimum atomic E-state index is -1.04. The van der Waals surface area contributed by atoms with E-state index in [0.717, 1.165) is 12.1 Å². The molecule has 6 heteroatoms. The highest BCUT2D eigenvalue weighted by molar-refractivity contribution is 6.00. The summed E-state index contributed by atoms with van der Waals surface area (Å²) in [5.74, 6) is -2.74. The summed E-state index contributed by atoms with van der Waals surface area (Å²) in [7, 11) is 0. The average Bonchev–Trinajstić information content (AvgIpc) is 2.47. The fourth-order valence-electron chi connectivity index (χ4n) is 3.31. The zero-order chi connectivity index (χ0) is 17.6. The molecule has 0 saturated carbocycles. The van der Waals surface area contributed by atoms with Gasteiger partial charge in [-0.1, -0.05) is 19.9 Å². The first kappa shape index (κ1) is 16.2. The minimum absolute atomic E-state index is 0.0350. The Labute approximate surface area is 138 Å². The van der Waals surface area contributed by atoms with Crippen LogP contribution in [0.3, 0.4) is 0 Å². The van der Waals surface area contributed by atoms with Crippen LogP contribution in [-0.4, -0.2) is 5.78 Å². The summed E-state index contributed by atoms with van der Waals surface area (Å²) >= 11 is 0. The third kappa shape index (κ3) is 2.56. The van der Waals surface area contributed by atoms with E-state index >= 15 is 0 Å². The van der Waals surface area contributed by atoms with Crippen LogP contribution >= 0.6 is 0 Å². The highest BCUT2D eigenvalue weighted by Crippen LogP contribution is 2.47. The Morgan fingerprint density at radius 1 is 1.29 bits per heavy atom. The van der Waals surface area contributed by atoms with Crippen LogP contribution in [0.4, 0.5) is 8.78 Å². The molecule has 2 aliphatic rings. The van der Waals surface area contributed by atoms with Crippen molar-refractivity contribution >= 4 is 5.78 Å². The lowest BCUT2D eigenvalue weighted by molar-refractivity contribution is -0.119. The number of rotatable bonds is 1. The predicted molar refractivity (Wildman–Crippen MR) is 82.1 cm³/mol. The highest BCUT2D eigenvalue weighted by atomic mass is 19.2. The molecule has 0 bridgehead atoms. The van der Waals surface area contributed by atoms with Crippen LogP contribution in [-0.2, 0) is 9.53 Å². The number of nitrogens with two attached hydrogens (primary N) is 1. The van der Waals surface area contributed by atoms with Gasteiger partial charge in [0.15, 0.2) is 17.4 Å². The average molecular weight is 330 g/mol. The Hall–Kier alpha value is -2.68. The van der Waals surface area contributed by atoms with Crippen LogP contribution in [0.15, 0.2) is 41.0 Å². The maximum Gasteiger partial charge on any atom is 0.205 e. The van der Waals surface area contributed by atoms with Gasteiger partial charge in [-0.05, 0) is 23.1 Å². The van der Waals surface area contributed by atoms with Crippen molar-refractivity contribution in [3.63, 3.8) is 0 Å². The van der Waals surface area contributed by atoms with Gasteiger partial charge in [0, 0.05) is 18.4 Å². The number of nitrogens with zero attached hydrogens (tertiary/aromatic N) is 1. The number of halogens is 2. The summed E-state index contributed by atoms with van der Waals surface area (Å²) in [5.41, 5.74) is 6.20. The van der Waals surface area contributed by atoms with E-state index in [0.29, 0.717) is 23.3 Å². The van der Waals surface area contributed by atoms with Gasteiger partial charge in [0.05, 0.1) is 5.92 Å². The molecular formula is C18H16F2N2O2. The largest absolute Gasteiger partial charge is 0.444 e. The van der Waals surface area contributed by atoms with Crippen LogP contribution in [0.25, 0.3) is 0 Å². The van der Waals surface area contributed by atoms with Gasteiger partial charge in [0.2, 0.25) is 5.88 Å². The van der Waals surface area contributed by atoms with Gasteiger partial charge in [-0.15, -0.1) is 0 Å². The van der Waals surface area contributed by atoms with Crippen molar-refractivity contribution in [2.75, 3.05) is 0 Å². The van der Waals surface area contributed by atoms with Crippen LogP contribution in [0.1, 0.15) is 38.2 Å². The monoisotopic (exact) mass is 330 g/mol. The summed E-state index contributed by atoms with van der Waals surface area (Å²) in [6, 6.07) is 5.26. The number of carbonyl (C=O) groups is 1. The van der Waals surface area contributed by atoms with E-state index in [4.69, 9.17) is 10.5 Å². The van der Waals surface area contributed by atoms with E-state index in [1.807, 2.05) is 19.9 Å². The molecule has 0 radical (unpaired) electrons. The summed E-state index contributed by atoms with van der Waals surface area (Å²) < 4.78 is 32.5. The third-order valence-electron chi connectivity index (χ3n) is 4.35. The van der Waals surface area contributed by atoms with Gasteiger partial charge in [-0.25, -0.2) is 8.78 Å². The van der Waals surface area contributed by atoms with Gasteiger partial charge in [-0.2, -0.15) is 5.26 Å². The van der Waals surface area contributed by atoms with Crippen molar-refractivity contribution in [2.45, 2.75) is 32.6 Å². The molecule has 1 unspecified atom stereocenters. The number of benzene rings is 1. The van der Waals surface area contributed by atoms with E-state index < -0.39 is 17.6 Å².